The Labute approximate surface area is 117 Å². The van der Waals surface area contributed by atoms with E-state index in [1.807, 2.05) is 0 Å². The lowest BCUT2D eigenvalue weighted by Gasteiger charge is -2.16. The Morgan fingerprint density at radius 2 is 1.95 bits per heavy atom. The highest BCUT2D eigenvalue weighted by Gasteiger charge is 2.26. The summed E-state index contributed by atoms with van der Waals surface area (Å²) in [6.07, 6.45) is 1.43. The van der Waals surface area contributed by atoms with E-state index in [1.165, 1.54) is 19.3 Å². The molecule has 108 valence electrons. The van der Waals surface area contributed by atoms with Gasteiger partial charge in [-0.15, -0.1) is 0 Å². The Balaban J connectivity index is 2.48. The number of nitro groups is 1. The molecule has 0 bridgehead atoms. The summed E-state index contributed by atoms with van der Waals surface area (Å²) in [4.78, 5) is 27.1. The average Bonchev–Trinajstić information content (AvgIpc) is 2.48. The second kappa shape index (κ2) is 5.61. The maximum Gasteiger partial charge on any atom is 0.285 e. The van der Waals surface area contributed by atoms with Gasteiger partial charge in [-0.2, -0.15) is 0 Å². The minimum absolute atomic E-state index is 0.224. The van der Waals surface area contributed by atoms with E-state index in [0.717, 1.165) is 4.90 Å². The van der Waals surface area contributed by atoms with E-state index in [1.54, 1.807) is 12.1 Å². The van der Waals surface area contributed by atoms with Crippen LogP contribution in [0.1, 0.15) is 10.4 Å². The van der Waals surface area contributed by atoms with Gasteiger partial charge in [0, 0.05) is 13.2 Å². The number of anilines is 1. The first kappa shape index (κ1) is 14.5. The van der Waals surface area contributed by atoms with E-state index >= 15 is 0 Å². The zero-order valence-corrected chi connectivity index (χ0v) is 10.8. The third-order valence-corrected chi connectivity index (χ3v) is 2.76. The van der Waals surface area contributed by atoms with Crippen molar-refractivity contribution in [3.05, 3.63) is 63.8 Å². The molecule has 0 N–H and O–H groups in total. The minimum atomic E-state index is -1.39. The number of hydrogen-bond acceptors (Lipinski definition) is 4. The topological polar surface area (TPSA) is 76.3 Å². The summed E-state index contributed by atoms with van der Waals surface area (Å²) >= 11 is 0. The Kier molecular flexibility index (Phi) is 3.88. The largest absolute Gasteiger partial charge is 0.296 e. The molecule has 1 heterocycles. The third-order valence-electron chi connectivity index (χ3n) is 2.76. The first-order valence-electron chi connectivity index (χ1n) is 5.74. The van der Waals surface area contributed by atoms with Crippen molar-refractivity contribution >= 4 is 17.4 Å². The molecule has 0 aliphatic rings. The number of carbonyl (C=O) groups is 1. The van der Waals surface area contributed by atoms with Crippen LogP contribution in [0.5, 0.6) is 0 Å². The fourth-order valence-electron chi connectivity index (χ4n) is 1.70. The summed E-state index contributed by atoms with van der Waals surface area (Å²) in [5.41, 5.74) is -1.35. The molecule has 2 aromatic rings. The van der Waals surface area contributed by atoms with Gasteiger partial charge in [0.25, 0.3) is 11.6 Å². The van der Waals surface area contributed by atoms with Crippen molar-refractivity contribution in [3.63, 3.8) is 0 Å². The molecule has 0 unspecified atom stereocenters. The maximum absolute atomic E-state index is 13.3. The van der Waals surface area contributed by atoms with E-state index in [-0.39, 0.29) is 5.82 Å². The molecule has 0 aliphatic heterocycles. The number of benzene rings is 1. The van der Waals surface area contributed by atoms with Gasteiger partial charge in [-0.1, -0.05) is 6.07 Å². The fourth-order valence-corrected chi connectivity index (χ4v) is 1.70. The van der Waals surface area contributed by atoms with E-state index < -0.39 is 33.7 Å². The van der Waals surface area contributed by atoms with Crippen LogP contribution < -0.4 is 4.90 Å². The number of nitro benzene ring substituents is 1. The number of amides is 1. The highest BCUT2D eigenvalue weighted by molar-refractivity contribution is 6.07. The van der Waals surface area contributed by atoms with Gasteiger partial charge in [-0.25, -0.2) is 13.8 Å². The Morgan fingerprint density at radius 1 is 1.29 bits per heavy atom. The molecule has 21 heavy (non-hydrogen) atoms. The summed E-state index contributed by atoms with van der Waals surface area (Å²) < 4.78 is 26.4. The molecule has 0 aliphatic carbocycles. The van der Waals surface area contributed by atoms with Crippen LogP contribution in [0.3, 0.4) is 0 Å². The van der Waals surface area contributed by atoms with Crippen molar-refractivity contribution in [1.29, 1.82) is 0 Å². The van der Waals surface area contributed by atoms with E-state index in [2.05, 4.69) is 4.98 Å². The van der Waals surface area contributed by atoms with Gasteiger partial charge in [0.1, 0.15) is 11.4 Å². The van der Waals surface area contributed by atoms with Crippen LogP contribution in [0.4, 0.5) is 20.3 Å². The Bertz CT molecular complexity index is 707. The number of halogens is 2. The monoisotopic (exact) mass is 293 g/mol. The van der Waals surface area contributed by atoms with E-state index in [0.29, 0.717) is 12.1 Å². The van der Waals surface area contributed by atoms with Crippen molar-refractivity contribution in [3.8, 4) is 0 Å². The molecule has 0 radical (unpaired) electrons. The Morgan fingerprint density at radius 3 is 2.52 bits per heavy atom. The zero-order valence-electron chi connectivity index (χ0n) is 10.8. The van der Waals surface area contributed by atoms with Crippen LogP contribution in [0.25, 0.3) is 0 Å². The molecule has 8 heteroatoms. The van der Waals surface area contributed by atoms with Gasteiger partial charge in [-0.3, -0.25) is 19.8 Å². The van der Waals surface area contributed by atoms with Crippen LogP contribution in [-0.2, 0) is 0 Å². The first-order valence-corrected chi connectivity index (χ1v) is 5.74. The second-order valence-electron chi connectivity index (χ2n) is 4.09. The molecule has 0 saturated heterocycles. The molecule has 0 spiro atoms. The van der Waals surface area contributed by atoms with Crippen LogP contribution in [-0.4, -0.2) is 22.9 Å². The number of nitrogens with zero attached hydrogens (tertiary/aromatic N) is 3. The van der Waals surface area contributed by atoms with Gasteiger partial charge in [0.2, 0.25) is 0 Å². The predicted molar refractivity (Wildman–Crippen MR) is 70.0 cm³/mol. The summed E-state index contributed by atoms with van der Waals surface area (Å²) in [5.74, 6) is -3.36. The standard InChI is InChI=1S/C13H9F2N3O3/c1-17(12-4-2-3-5-16-12)13(19)8-6-9(14)10(15)7-11(8)18(20)21/h2-7H,1H3. The highest BCUT2D eigenvalue weighted by atomic mass is 19.2. The van der Waals surface area contributed by atoms with Gasteiger partial charge in [0.05, 0.1) is 11.0 Å². The molecule has 0 atom stereocenters. The number of carbonyl (C=O) groups excluding carboxylic acids is 1. The van der Waals surface area contributed by atoms with Gasteiger partial charge in [0.15, 0.2) is 11.6 Å². The third kappa shape index (κ3) is 2.83. The van der Waals surface area contributed by atoms with E-state index in [4.69, 9.17) is 0 Å². The summed E-state index contributed by atoms with van der Waals surface area (Å²) in [6.45, 7) is 0. The summed E-state index contributed by atoms with van der Waals surface area (Å²) in [7, 11) is 1.33. The molecule has 1 amide bonds. The lowest BCUT2D eigenvalue weighted by atomic mass is 10.1. The fraction of sp³-hybridized carbons (Fsp3) is 0.0769. The average molecular weight is 293 g/mol. The molecule has 1 aromatic heterocycles. The number of hydrogen-bond donors (Lipinski definition) is 0. The zero-order chi connectivity index (χ0) is 15.6. The van der Waals surface area contributed by atoms with Crippen molar-refractivity contribution in [2.45, 2.75) is 0 Å². The molecule has 1 aromatic carbocycles. The minimum Gasteiger partial charge on any atom is -0.296 e. The number of pyridine rings is 1. The van der Waals surface area contributed by atoms with Crippen LogP contribution in [0.15, 0.2) is 36.5 Å². The lowest BCUT2D eigenvalue weighted by Crippen LogP contribution is -2.28. The quantitative estimate of drug-likeness (QED) is 0.643. The second-order valence-corrected chi connectivity index (χ2v) is 4.09. The maximum atomic E-state index is 13.3. The molecular weight excluding hydrogens is 284 g/mol. The summed E-state index contributed by atoms with van der Waals surface area (Å²) in [5, 5.41) is 10.9. The molecule has 0 saturated carbocycles. The van der Waals surface area contributed by atoms with Crippen molar-refractivity contribution in [1.82, 2.24) is 4.98 Å². The van der Waals surface area contributed by atoms with Crippen molar-refractivity contribution in [2.24, 2.45) is 0 Å². The molecular formula is C13H9F2N3O3. The van der Waals surface area contributed by atoms with Crippen molar-refractivity contribution < 1.29 is 18.5 Å². The molecule has 2 rings (SSSR count). The number of aromatic nitrogens is 1. The lowest BCUT2D eigenvalue weighted by molar-refractivity contribution is -0.385. The first-order chi connectivity index (χ1) is 9.91. The normalized spacial score (nSPS) is 10.2. The number of rotatable bonds is 3. The van der Waals surface area contributed by atoms with Crippen molar-refractivity contribution in [2.75, 3.05) is 11.9 Å². The van der Waals surface area contributed by atoms with Gasteiger partial charge >= 0.3 is 0 Å². The van der Waals surface area contributed by atoms with Gasteiger partial charge < -0.3 is 0 Å². The van der Waals surface area contributed by atoms with Crippen LogP contribution in [0.2, 0.25) is 0 Å². The van der Waals surface area contributed by atoms with Crippen LogP contribution >= 0.6 is 0 Å². The molecule has 0 fully saturated rings. The predicted octanol–water partition coefficient (Wildman–Crippen LogP) is 2.54. The smallest absolute Gasteiger partial charge is 0.285 e. The summed E-state index contributed by atoms with van der Waals surface area (Å²) in [6, 6.07) is 5.64. The van der Waals surface area contributed by atoms with Gasteiger partial charge in [-0.05, 0) is 18.2 Å². The van der Waals surface area contributed by atoms with E-state index in [9.17, 15) is 23.7 Å². The highest BCUT2D eigenvalue weighted by Crippen LogP contribution is 2.24. The Hall–Kier alpha value is -2.90. The molecule has 6 nitrogen and oxygen atoms in total. The SMILES string of the molecule is CN(C(=O)c1cc(F)c(F)cc1[N+](=O)[O-])c1ccccn1. The van der Waals surface area contributed by atoms with Crippen LogP contribution in [0, 0.1) is 21.7 Å².